The number of aromatic hydroxyl groups is 1. The van der Waals surface area contributed by atoms with E-state index in [1.807, 2.05) is 0 Å². The average molecular weight is 253 g/mol. The zero-order chi connectivity index (χ0) is 13.3. The quantitative estimate of drug-likeness (QED) is 0.721. The minimum Gasteiger partial charge on any atom is -0.508 e. The lowest BCUT2D eigenvalue weighted by Crippen LogP contribution is -2.32. The normalized spacial score (nSPS) is 23.8. The molecule has 0 radical (unpaired) electrons. The number of aromatic carboxylic acids is 1. The number of aliphatic hydroxyl groups is 1. The lowest BCUT2D eigenvalue weighted by Gasteiger charge is -2.28. The third-order valence-electron chi connectivity index (χ3n) is 3.30. The number of pyridine rings is 1. The molecule has 6 nitrogen and oxygen atoms in total. The molecule has 0 saturated heterocycles. The van der Waals surface area contributed by atoms with E-state index in [4.69, 9.17) is 5.11 Å². The monoisotopic (exact) mass is 253 g/mol. The highest BCUT2D eigenvalue weighted by Gasteiger charge is 2.25. The maximum absolute atomic E-state index is 11.8. The standard InChI is InChI=1S/C12H15NO5/c14-8-3-1-7(2-4-8)13-10(12(17)18)5-9(15)6-11(13)16/h5-8,14-15H,1-4H2,(H,17,18). The summed E-state index contributed by atoms with van der Waals surface area (Å²) < 4.78 is 1.20. The molecule has 0 bridgehead atoms. The van der Waals surface area contributed by atoms with Crippen molar-refractivity contribution in [3.05, 3.63) is 28.2 Å². The first-order chi connectivity index (χ1) is 8.49. The highest BCUT2D eigenvalue weighted by molar-refractivity contribution is 5.86. The summed E-state index contributed by atoms with van der Waals surface area (Å²) in [5.41, 5.74) is -0.727. The smallest absolute Gasteiger partial charge is 0.352 e. The molecule has 1 heterocycles. The molecular weight excluding hydrogens is 238 g/mol. The van der Waals surface area contributed by atoms with Crippen LogP contribution in [0.5, 0.6) is 5.75 Å². The largest absolute Gasteiger partial charge is 0.508 e. The molecule has 0 amide bonds. The van der Waals surface area contributed by atoms with Crippen molar-refractivity contribution in [3.8, 4) is 5.75 Å². The molecule has 1 aromatic heterocycles. The Balaban J connectivity index is 2.43. The molecule has 0 aromatic carbocycles. The minimum atomic E-state index is -1.24. The summed E-state index contributed by atoms with van der Waals surface area (Å²) >= 11 is 0. The summed E-state index contributed by atoms with van der Waals surface area (Å²) in [5, 5.41) is 27.8. The zero-order valence-corrected chi connectivity index (χ0v) is 9.74. The van der Waals surface area contributed by atoms with Crippen molar-refractivity contribution in [1.29, 1.82) is 0 Å². The van der Waals surface area contributed by atoms with E-state index in [9.17, 15) is 19.8 Å². The summed E-state index contributed by atoms with van der Waals surface area (Å²) in [5.74, 6) is -1.58. The van der Waals surface area contributed by atoms with Gasteiger partial charge in [0.25, 0.3) is 5.56 Å². The molecule has 1 fully saturated rings. The van der Waals surface area contributed by atoms with E-state index in [1.165, 1.54) is 4.57 Å². The van der Waals surface area contributed by atoms with E-state index < -0.39 is 11.5 Å². The first kappa shape index (κ1) is 12.6. The van der Waals surface area contributed by atoms with E-state index in [0.717, 1.165) is 12.1 Å². The third kappa shape index (κ3) is 2.38. The summed E-state index contributed by atoms with van der Waals surface area (Å²) in [4.78, 5) is 22.9. The Morgan fingerprint density at radius 3 is 2.39 bits per heavy atom. The molecular formula is C12H15NO5. The van der Waals surface area contributed by atoms with E-state index >= 15 is 0 Å². The first-order valence-electron chi connectivity index (χ1n) is 5.86. The summed E-state index contributed by atoms with van der Waals surface area (Å²) in [7, 11) is 0. The van der Waals surface area contributed by atoms with Crippen molar-refractivity contribution in [2.45, 2.75) is 37.8 Å². The van der Waals surface area contributed by atoms with Gasteiger partial charge in [-0.25, -0.2) is 4.79 Å². The first-order valence-corrected chi connectivity index (χ1v) is 5.86. The molecule has 98 valence electrons. The Kier molecular flexibility index (Phi) is 3.38. The lowest BCUT2D eigenvalue weighted by atomic mass is 9.92. The van der Waals surface area contributed by atoms with Crippen LogP contribution in [-0.2, 0) is 0 Å². The van der Waals surface area contributed by atoms with Gasteiger partial charge in [-0.3, -0.25) is 9.36 Å². The van der Waals surface area contributed by atoms with Crippen LogP contribution in [-0.4, -0.2) is 32.0 Å². The summed E-state index contributed by atoms with van der Waals surface area (Å²) in [6.07, 6.45) is 1.86. The van der Waals surface area contributed by atoms with Crippen molar-refractivity contribution in [2.75, 3.05) is 0 Å². The van der Waals surface area contributed by atoms with E-state index in [2.05, 4.69) is 0 Å². The van der Waals surface area contributed by atoms with Crippen molar-refractivity contribution < 1.29 is 20.1 Å². The van der Waals surface area contributed by atoms with E-state index in [-0.39, 0.29) is 23.6 Å². The van der Waals surface area contributed by atoms with Gasteiger partial charge in [0.1, 0.15) is 11.4 Å². The Morgan fingerprint density at radius 1 is 1.22 bits per heavy atom. The van der Waals surface area contributed by atoms with E-state index in [1.54, 1.807) is 0 Å². The van der Waals surface area contributed by atoms with Crippen LogP contribution < -0.4 is 5.56 Å². The highest BCUT2D eigenvalue weighted by atomic mass is 16.4. The van der Waals surface area contributed by atoms with Crippen LogP contribution in [0.2, 0.25) is 0 Å². The van der Waals surface area contributed by atoms with Crippen molar-refractivity contribution in [1.82, 2.24) is 4.57 Å². The second-order valence-electron chi connectivity index (χ2n) is 4.57. The van der Waals surface area contributed by atoms with Crippen LogP contribution in [0.4, 0.5) is 0 Å². The number of aromatic nitrogens is 1. The molecule has 3 N–H and O–H groups in total. The van der Waals surface area contributed by atoms with Crippen LogP contribution >= 0.6 is 0 Å². The van der Waals surface area contributed by atoms with Gasteiger partial charge < -0.3 is 15.3 Å². The number of carboxylic acid groups (broad SMARTS) is 1. The lowest BCUT2D eigenvalue weighted by molar-refractivity contribution is 0.0670. The fourth-order valence-electron chi connectivity index (χ4n) is 2.42. The van der Waals surface area contributed by atoms with Gasteiger partial charge in [0.15, 0.2) is 0 Å². The van der Waals surface area contributed by atoms with Gasteiger partial charge in [0.05, 0.1) is 6.10 Å². The molecule has 1 saturated carbocycles. The minimum absolute atomic E-state index is 0.207. The number of hydrogen-bond donors (Lipinski definition) is 3. The van der Waals surface area contributed by atoms with Gasteiger partial charge in [0.2, 0.25) is 0 Å². The molecule has 1 aromatic rings. The second kappa shape index (κ2) is 4.81. The molecule has 0 atom stereocenters. The Labute approximate surface area is 103 Å². The molecule has 18 heavy (non-hydrogen) atoms. The van der Waals surface area contributed by atoms with Crippen LogP contribution in [0.1, 0.15) is 42.2 Å². The number of aliphatic hydroxyl groups excluding tert-OH is 1. The van der Waals surface area contributed by atoms with Crippen molar-refractivity contribution in [3.63, 3.8) is 0 Å². The molecule has 1 aliphatic rings. The molecule has 1 aliphatic carbocycles. The molecule has 2 rings (SSSR count). The second-order valence-corrected chi connectivity index (χ2v) is 4.57. The average Bonchev–Trinajstić information content (AvgIpc) is 2.29. The SMILES string of the molecule is O=C(O)c1cc(O)cc(=O)n1C1CCC(O)CC1. The Hall–Kier alpha value is -1.82. The van der Waals surface area contributed by atoms with Crippen molar-refractivity contribution >= 4 is 5.97 Å². The summed E-state index contributed by atoms with van der Waals surface area (Å²) in [6.45, 7) is 0. The fourth-order valence-corrected chi connectivity index (χ4v) is 2.42. The number of rotatable bonds is 2. The zero-order valence-electron chi connectivity index (χ0n) is 9.74. The van der Waals surface area contributed by atoms with Gasteiger partial charge >= 0.3 is 5.97 Å². The highest BCUT2D eigenvalue weighted by Crippen LogP contribution is 2.29. The van der Waals surface area contributed by atoms with Crippen LogP contribution in [0.25, 0.3) is 0 Å². The predicted octanol–water partition coefficient (Wildman–Crippen LogP) is 0.728. The fraction of sp³-hybridized carbons (Fsp3) is 0.500. The topological polar surface area (TPSA) is 99.8 Å². The van der Waals surface area contributed by atoms with Crippen LogP contribution in [0, 0.1) is 0 Å². The van der Waals surface area contributed by atoms with Gasteiger partial charge in [-0.1, -0.05) is 0 Å². The Morgan fingerprint density at radius 2 is 1.83 bits per heavy atom. The molecule has 6 heteroatoms. The number of nitrogens with zero attached hydrogens (tertiary/aromatic N) is 1. The number of carbonyl (C=O) groups is 1. The van der Waals surface area contributed by atoms with E-state index in [0.29, 0.717) is 25.7 Å². The predicted molar refractivity (Wildman–Crippen MR) is 62.8 cm³/mol. The third-order valence-corrected chi connectivity index (χ3v) is 3.30. The number of carboxylic acids is 1. The number of hydrogen-bond acceptors (Lipinski definition) is 4. The van der Waals surface area contributed by atoms with Gasteiger partial charge in [-0.2, -0.15) is 0 Å². The van der Waals surface area contributed by atoms with Crippen molar-refractivity contribution in [2.24, 2.45) is 0 Å². The van der Waals surface area contributed by atoms with Crippen LogP contribution in [0.15, 0.2) is 16.9 Å². The molecule has 0 unspecified atom stereocenters. The molecule has 0 aliphatic heterocycles. The van der Waals surface area contributed by atoms with Gasteiger partial charge in [-0.05, 0) is 25.7 Å². The van der Waals surface area contributed by atoms with Gasteiger partial charge in [-0.15, -0.1) is 0 Å². The maximum Gasteiger partial charge on any atom is 0.352 e. The van der Waals surface area contributed by atoms with Crippen LogP contribution in [0.3, 0.4) is 0 Å². The Bertz CT molecular complexity index is 514. The molecule has 0 spiro atoms. The summed E-state index contributed by atoms with van der Waals surface area (Å²) in [6, 6.07) is 1.86. The maximum atomic E-state index is 11.8. The van der Waals surface area contributed by atoms with Gasteiger partial charge in [0, 0.05) is 18.2 Å².